The molecule has 2 N–H and O–H groups in total. The summed E-state index contributed by atoms with van der Waals surface area (Å²) in [5.74, 6) is -1.97. The molecule has 2 aromatic rings. The van der Waals surface area contributed by atoms with Gasteiger partial charge in [0.05, 0.1) is 5.56 Å². The second kappa shape index (κ2) is 6.47. The number of hydrogen-bond donors (Lipinski definition) is 2. The molecule has 106 valence electrons. The minimum absolute atomic E-state index is 0.0749. The van der Waals surface area contributed by atoms with Crippen molar-refractivity contribution in [2.24, 2.45) is 0 Å². The molecule has 0 saturated heterocycles. The first-order valence-corrected chi connectivity index (χ1v) is 6.13. The van der Waals surface area contributed by atoms with Crippen molar-refractivity contribution in [3.63, 3.8) is 0 Å². The quantitative estimate of drug-likeness (QED) is 0.848. The van der Waals surface area contributed by atoms with Crippen LogP contribution in [0, 0.1) is 5.82 Å². The van der Waals surface area contributed by atoms with E-state index in [1.54, 1.807) is 24.3 Å². The molecule has 0 heterocycles. The van der Waals surface area contributed by atoms with E-state index >= 15 is 0 Å². The number of carboxylic acid groups (broad SMARTS) is 1. The number of carboxylic acids is 1. The minimum Gasteiger partial charge on any atom is -0.478 e. The molecular weight excluding hydrogens is 273 g/mol. The largest absolute Gasteiger partial charge is 0.478 e. The van der Waals surface area contributed by atoms with E-state index in [2.05, 4.69) is 5.32 Å². The molecular formula is C16H12FNO3. The highest BCUT2D eigenvalue weighted by atomic mass is 19.1. The summed E-state index contributed by atoms with van der Waals surface area (Å²) in [5.41, 5.74) is 0.732. The summed E-state index contributed by atoms with van der Waals surface area (Å²) in [6.07, 6.45) is 2.54. The second-order valence-corrected chi connectivity index (χ2v) is 4.23. The Kier molecular flexibility index (Phi) is 4.46. The summed E-state index contributed by atoms with van der Waals surface area (Å²) in [6.45, 7) is 0. The number of carbonyl (C=O) groups is 2. The van der Waals surface area contributed by atoms with E-state index in [1.165, 1.54) is 36.4 Å². The van der Waals surface area contributed by atoms with Gasteiger partial charge in [0.15, 0.2) is 0 Å². The molecule has 2 aromatic carbocycles. The van der Waals surface area contributed by atoms with Crippen LogP contribution < -0.4 is 5.32 Å². The Labute approximate surface area is 120 Å². The summed E-state index contributed by atoms with van der Waals surface area (Å²) in [5, 5.41) is 11.4. The van der Waals surface area contributed by atoms with Crippen molar-refractivity contribution in [2.45, 2.75) is 0 Å². The van der Waals surface area contributed by atoms with Crippen LogP contribution in [0.5, 0.6) is 0 Å². The number of nitrogens with one attached hydrogen (secondary N) is 1. The monoisotopic (exact) mass is 285 g/mol. The Balaban J connectivity index is 2.07. The Morgan fingerprint density at radius 3 is 2.57 bits per heavy atom. The third-order valence-corrected chi connectivity index (χ3v) is 2.70. The van der Waals surface area contributed by atoms with Gasteiger partial charge in [-0.15, -0.1) is 0 Å². The first kappa shape index (κ1) is 14.5. The molecule has 21 heavy (non-hydrogen) atoms. The third-order valence-electron chi connectivity index (χ3n) is 2.70. The van der Waals surface area contributed by atoms with Crippen molar-refractivity contribution in [3.05, 3.63) is 71.6 Å². The van der Waals surface area contributed by atoms with Gasteiger partial charge >= 0.3 is 5.97 Å². The summed E-state index contributed by atoms with van der Waals surface area (Å²) < 4.78 is 13.4. The first-order chi connectivity index (χ1) is 10.1. The van der Waals surface area contributed by atoms with Gasteiger partial charge in [0.25, 0.3) is 0 Å². The van der Waals surface area contributed by atoms with E-state index in [0.717, 1.165) is 0 Å². The molecule has 4 nitrogen and oxygen atoms in total. The highest BCUT2D eigenvalue weighted by Gasteiger charge is 2.04. The van der Waals surface area contributed by atoms with Crippen LogP contribution >= 0.6 is 0 Å². The predicted molar refractivity (Wildman–Crippen MR) is 77.5 cm³/mol. The minimum atomic E-state index is -1.08. The van der Waals surface area contributed by atoms with E-state index in [1.807, 2.05) is 0 Å². The van der Waals surface area contributed by atoms with Crippen molar-refractivity contribution in [1.82, 2.24) is 0 Å². The van der Waals surface area contributed by atoms with Gasteiger partial charge in [-0.05, 0) is 30.3 Å². The van der Waals surface area contributed by atoms with Crippen LogP contribution in [0.4, 0.5) is 10.1 Å². The number of halogens is 1. The zero-order valence-corrected chi connectivity index (χ0v) is 10.9. The van der Waals surface area contributed by atoms with Crippen molar-refractivity contribution < 1.29 is 19.1 Å². The molecule has 2 rings (SSSR count). The van der Waals surface area contributed by atoms with Crippen LogP contribution in [0.2, 0.25) is 0 Å². The lowest BCUT2D eigenvalue weighted by Gasteiger charge is -2.03. The van der Waals surface area contributed by atoms with Crippen molar-refractivity contribution in [2.75, 3.05) is 5.32 Å². The lowest BCUT2D eigenvalue weighted by molar-refractivity contribution is -0.111. The highest BCUT2D eigenvalue weighted by Crippen LogP contribution is 2.12. The van der Waals surface area contributed by atoms with E-state index in [0.29, 0.717) is 11.3 Å². The summed E-state index contributed by atoms with van der Waals surface area (Å²) in [7, 11) is 0. The molecule has 0 radical (unpaired) electrons. The van der Waals surface area contributed by atoms with Gasteiger partial charge in [0.2, 0.25) is 5.91 Å². The summed E-state index contributed by atoms with van der Waals surface area (Å²) in [4.78, 5) is 22.5. The number of anilines is 1. The lowest BCUT2D eigenvalue weighted by Crippen LogP contribution is -2.08. The molecule has 5 heteroatoms. The first-order valence-electron chi connectivity index (χ1n) is 6.13. The number of hydrogen-bond acceptors (Lipinski definition) is 2. The molecule has 0 bridgehead atoms. The van der Waals surface area contributed by atoms with E-state index in [4.69, 9.17) is 5.11 Å². The topological polar surface area (TPSA) is 66.4 Å². The lowest BCUT2D eigenvalue weighted by atomic mass is 10.2. The summed E-state index contributed by atoms with van der Waals surface area (Å²) in [6, 6.07) is 11.9. The average Bonchev–Trinajstić information content (AvgIpc) is 2.46. The van der Waals surface area contributed by atoms with Gasteiger partial charge in [-0.1, -0.05) is 24.3 Å². The standard InChI is InChI=1S/C16H12FNO3/c17-14-7-2-1-4-11(14)8-9-15(19)18-13-6-3-5-12(10-13)16(20)21/h1-10H,(H,18,19)(H,20,21)/b9-8+. The Morgan fingerprint density at radius 1 is 1.10 bits per heavy atom. The summed E-state index contributed by atoms with van der Waals surface area (Å²) >= 11 is 0. The number of carbonyl (C=O) groups excluding carboxylic acids is 1. The Hall–Kier alpha value is -2.95. The molecule has 0 aromatic heterocycles. The van der Waals surface area contributed by atoms with Gasteiger partial charge in [-0.3, -0.25) is 4.79 Å². The average molecular weight is 285 g/mol. The van der Waals surface area contributed by atoms with Crippen molar-refractivity contribution in [1.29, 1.82) is 0 Å². The molecule has 0 aliphatic heterocycles. The zero-order chi connectivity index (χ0) is 15.2. The number of benzene rings is 2. The smallest absolute Gasteiger partial charge is 0.335 e. The molecule has 0 fully saturated rings. The maximum absolute atomic E-state index is 13.4. The van der Waals surface area contributed by atoms with Crippen molar-refractivity contribution in [3.8, 4) is 0 Å². The third kappa shape index (κ3) is 4.01. The fourth-order valence-corrected chi connectivity index (χ4v) is 1.69. The Bertz CT molecular complexity index is 710. The van der Waals surface area contributed by atoms with Crippen LogP contribution in [-0.4, -0.2) is 17.0 Å². The van der Waals surface area contributed by atoms with Gasteiger partial charge in [-0.25, -0.2) is 9.18 Å². The maximum Gasteiger partial charge on any atom is 0.335 e. The van der Waals surface area contributed by atoms with Gasteiger partial charge in [0, 0.05) is 17.3 Å². The van der Waals surface area contributed by atoms with E-state index < -0.39 is 17.7 Å². The fraction of sp³-hybridized carbons (Fsp3) is 0. The number of aromatic carboxylic acids is 1. The van der Waals surface area contributed by atoms with Gasteiger partial charge in [0.1, 0.15) is 5.82 Å². The molecule has 1 amide bonds. The molecule has 0 aliphatic rings. The fourth-order valence-electron chi connectivity index (χ4n) is 1.69. The normalized spacial score (nSPS) is 10.5. The molecule has 0 atom stereocenters. The highest BCUT2D eigenvalue weighted by molar-refractivity contribution is 6.02. The Morgan fingerprint density at radius 2 is 1.86 bits per heavy atom. The van der Waals surface area contributed by atoms with Crippen LogP contribution in [0.25, 0.3) is 6.08 Å². The van der Waals surface area contributed by atoms with E-state index in [-0.39, 0.29) is 5.56 Å². The van der Waals surface area contributed by atoms with Crippen LogP contribution in [0.1, 0.15) is 15.9 Å². The maximum atomic E-state index is 13.4. The number of rotatable bonds is 4. The van der Waals surface area contributed by atoms with Crippen LogP contribution in [0.3, 0.4) is 0 Å². The molecule has 0 unspecified atom stereocenters. The number of amides is 1. The molecule has 0 aliphatic carbocycles. The van der Waals surface area contributed by atoms with Crippen LogP contribution in [-0.2, 0) is 4.79 Å². The van der Waals surface area contributed by atoms with Gasteiger partial charge in [-0.2, -0.15) is 0 Å². The second-order valence-electron chi connectivity index (χ2n) is 4.23. The molecule has 0 saturated carbocycles. The molecule has 0 spiro atoms. The van der Waals surface area contributed by atoms with Crippen LogP contribution in [0.15, 0.2) is 54.6 Å². The zero-order valence-electron chi connectivity index (χ0n) is 10.9. The SMILES string of the molecule is O=C(/C=C/c1ccccc1F)Nc1cccc(C(=O)O)c1. The van der Waals surface area contributed by atoms with Gasteiger partial charge < -0.3 is 10.4 Å². The van der Waals surface area contributed by atoms with E-state index in [9.17, 15) is 14.0 Å². The van der Waals surface area contributed by atoms with Crippen molar-refractivity contribution >= 4 is 23.6 Å². The predicted octanol–water partition coefficient (Wildman–Crippen LogP) is 3.18.